The van der Waals surface area contributed by atoms with Crippen LogP contribution in [-0.4, -0.2) is 41.3 Å². The summed E-state index contributed by atoms with van der Waals surface area (Å²) in [5.41, 5.74) is -0.483. The van der Waals surface area contributed by atoms with Crippen LogP contribution < -0.4 is 10.1 Å². The maximum Gasteiger partial charge on any atom is 0.539 e. The molecule has 0 spiro atoms. The van der Waals surface area contributed by atoms with Crippen LogP contribution in [0.3, 0.4) is 0 Å². The molecule has 0 saturated carbocycles. The summed E-state index contributed by atoms with van der Waals surface area (Å²) in [6, 6.07) is 5.67. The Kier molecular flexibility index (Phi) is 5.93. The molecule has 0 bridgehead atoms. The quantitative estimate of drug-likeness (QED) is 0.354. The van der Waals surface area contributed by atoms with Crippen LogP contribution in [0.5, 0.6) is 5.75 Å². The summed E-state index contributed by atoms with van der Waals surface area (Å²) in [6.07, 6.45) is -1.23. The molecule has 26 heavy (non-hydrogen) atoms. The molecule has 0 atom stereocenters. The number of carbonyl (C=O) groups is 4. The summed E-state index contributed by atoms with van der Waals surface area (Å²) in [6.45, 7) is 5.72. The van der Waals surface area contributed by atoms with Crippen LogP contribution >= 0.6 is 0 Å². The minimum absolute atomic E-state index is 0.00594. The average molecular weight is 364 g/mol. The number of rotatable bonds is 6. The summed E-state index contributed by atoms with van der Waals surface area (Å²) >= 11 is 0. The largest absolute Gasteiger partial charge is 0.539 e. The first-order chi connectivity index (χ1) is 12.2. The number of carbonyl (C=O) groups excluding carboxylic acids is 4. The van der Waals surface area contributed by atoms with E-state index < -0.39 is 23.7 Å². The van der Waals surface area contributed by atoms with Crippen molar-refractivity contribution in [1.82, 2.24) is 10.4 Å². The standard InChI is InChI=1S/C17H20N2O7/c1-4-24-17(2,3)18-15(22)11-5-7-12(8-6-11)25-16(23)26-19-13(20)9-10-14(19)21/h5-8H,4,9-10H2,1-3H3,(H,18,22). The molecular weight excluding hydrogens is 344 g/mol. The molecule has 9 nitrogen and oxygen atoms in total. The number of ether oxygens (including phenoxy) is 2. The van der Waals surface area contributed by atoms with Crippen molar-refractivity contribution in [2.45, 2.75) is 39.3 Å². The van der Waals surface area contributed by atoms with Crippen molar-refractivity contribution in [2.24, 2.45) is 0 Å². The van der Waals surface area contributed by atoms with Crippen molar-refractivity contribution in [3.8, 4) is 5.75 Å². The molecule has 0 aliphatic carbocycles. The number of amides is 3. The maximum atomic E-state index is 12.2. The zero-order valence-corrected chi connectivity index (χ0v) is 14.7. The maximum absolute atomic E-state index is 12.2. The fourth-order valence-electron chi connectivity index (χ4n) is 2.26. The van der Waals surface area contributed by atoms with Crippen LogP contribution in [0.15, 0.2) is 24.3 Å². The van der Waals surface area contributed by atoms with E-state index in [1.54, 1.807) is 13.8 Å². The third-order valence-electron chi connectivity index (χ3n) is 3.41. The van der Waals surface area contributed by atoms with E-state index in [-0.39, 0.29) is 24.5 Å². The van der Waals surface area contributed by atoms with Gasteiger partial charge in [-0.1, -0.05) is 5.06 Å². The van der Waals surface area contributed by atoms with Crippen LogP contribution in [0.2, 0.25) is 0 Å². The second-order valence-corrected chi connectivity index (χ2v) is 5.95. The zero-order chi connectivity index (χ0) is 19.3. The predicted molar refractivity (Wildman–Crippen MR) is 87.8 cm³/mol. The first-order valence-corrected chi connectivity index (χ1v) is 8.04. The number of hydrogen-bond acceptors (Lipinski definition) is 7. The van der Waals surface area contributed by atoms with E-state index in [4.69, 9.17) is 9.47 Å². The molecule has 1 fully saturated rings. The van der Waals surface area contributed by atoms with Gasteiger partial charge < -0.3 is 14.8 Å². The van der Waals surface area contributed by atoms with Crippen LogP contribution in [0.4, 0.5) is 4.79 Å². The van der Waals surface area contributed by atoms with Crippen molar-refractivity contribution >= 4 is 23.9 Å². The molecule has 140 valence electrons. The Balaban J connectivity index is 1.92. The summed E-state index contributed by atoms with van der Waals surface area (Å²) in [5.74, 6) is -1.47. The Bertz CT molecular complexity index is 696. The van der Waals surface area contributed by atoms with E-state index in [2.05, 4.69) is 10.2 Å². The van der Waals surface area contributed by atoms with Crippen LogP contribution in [-0.2, 0) is 19.2 Å². The number of benzene rings is 1. The smallest absolute Gasteiger partial charge is 0.393 e. The number of hydroxylamine groups is 2. The van der Waals surface area contributed by atoms with Gasteiger partial charge in [0.05, 0.1) is 0 Å². The SMILES string of the molecule is CCOC(C)(C)NC(=O)c1ccc(OC(=O)ON2C(=O)CCC2=O)cc1. The van der Waals surface area contributed by atoms with Crippen molar-refractivity contribution in [3.63, 3.8) is 0 Å². The van der Waals surface area contributed by atoms with Gasteiger partial charge in [0.1, 0.15) is 11.5 Å². The van der Waals surface area contributed by atoms with E-state index in [0.29, 0.717) is 17.2 Å². The highest BCUT2D eigenvalue weighted by atomic mass is 16.8. The molecule has 1 saturated heterocycles. The van der Waals surface area contributed by atoms with Gasteiger partial charge in [0.15, 0.2) is 0 Å². The number of hydrogen-bond donors (Lipinski definition) is 1. The highest BCUT2D eigenvalue weighted by Crippen LogP contribution is 2.16. The van der Waals surface area contributed by atoms with Gasteiger partial charge in [-0.25, -0.2) is 4.79 Å². The van der Waals surface area contributed by atoms with E-state index in [9.17, 15) is 19.2 Å². The first-order valence-electron chi connectivity index (χ1n) is 8.04. The monoisotopic (exact) mass is 364 g/mol. The van der Waals surface area contributed by atoms with Crippen molar-refractivity contribution in [2.75, 3.05) is 6.61 Å². The van der Waals surface area contributed by atoms with Crippen LogP contribution in [0.1, 0.15) is 44.0 Å². The van der Waals surface area contributed by atoms with Crippen molar-refractivity contribution in [1.29, 1.82) is 0 Å². The van der Waals surface area contributed by atoms with Gasteiger partial charge in [-0.2, -0.15) is 0 Å². The molecule has 1 N–H and O–H groups in total. The molecule has 0 aromatic heterocycles. The third kappa shape index (κ3) is 5.03. The second-order valence-electron chi connectivity index (χ2n) is 5.95. The zero-order valence-electron chi connectivity index (χ0n) is 14.7. The van der Waals surface area contributed by atoms with Gasteiger partial charge in [0.2, 0.25) is 0 Å². The van der Waals surface area contributed by atoms with Crippen LogP contribution in [0, 0.1) is 0 Å². The lowest BCUT2D eigenvalue weighted by Gasteiger charge is -2.26. The Morgan fingerprint density at radius 1 is 1.12 bits per heavy atom. The van der Waals surface area contributed by atoms with E-state index >= 15 is 0 Å². The lowest BCUT2D eigenvalue weighted by atomic mass is 10.2. The van der Waals surface area contributed by atoms with Gasteiger partial charge in [0.25, 0.3) is 17.7 Å². The van der Waals surface area contributed by atoms with Gasteiger partial charge in [-0.3, -0.25) is 19.2 Å². The number of nitrogens with zero attached hydrogens (tertiary/aromatic N) is 1. The Morgan fingerprint density at radius 2 is 1.69 bits per heavy atom. The highest BCUT2D eigenvalue weighted by Gasteiger charge is 2.33. The molecule has 1 aromatic rings. The number of nitrogens with one attached hydrogen (secondary N) is 1. The summed E-state index contributed by atoms with van der Waals surface area (Å²) < 4.78 is 10.3. The van der Waals surface area contributed by atoms with E-state index in [1.165, 1.54) is 24.3 Å². The van der Waals surface area contributed by atoms with E-state index in [1.807, 2.05) is 6.92 Å². The summed E-state index contributed by atoms with van der Waals surface area (Å²) in [4.78, 5) is 51.1. The highest BCUT2D eigenvalue weighted by molar-refractivity contribution is 6.01. The third-order valence-corrected chi connectivity index (χ3v) is 3.41. The molecule has 2 rings (SSSR count). The summed E-state index contributed by atoms with van der Waals surface area (Å²) in [5, 5.41) is 3.11. The fourth-order valence-corrected chi connectivity index (χ4v) is 2.26. The Hall–Kier alpha value is -2.94. The van der Waals surface area contributed by atoms with Crippen molar-refractivity contribution in [3.05, 3.63) is 29.8 Å². The average Bonchev–Trinajstić information content (AvgIpc) is 2.86. The molecule has 9 heteroatoms. The van der Waals surface area contributed by atoms with Gasteiger partial charge in [0, 0.05) is 25.0 Å². The molecule has 1 aromatic carbocycles. The first kappa shape index (κ1) is 19.4. The topological polar surface area (TPSA) is 111 Å². The normalized spacial score (nSPS) is 14.3. The van der Waals surface area contributed by atoms with E-state index in [0.717, 1.165) is 0 Å². The minimum atomic E-state index is -1.22. The lowest BCUT2D eigenvalue weighted by molar-refractivity contribution is -0.174. The fraction of sp³-hybridized carbons (Fsp3) is 0.412. The molecule has 0 unspecified atom stereocenters. The van der Waals surface area contributed by atoms with Gasteiger partial charge >= 0.3 is 6.16 Å². The van der Waals surface area contributed by atoms with Crippen LogP contribution in [0.25, 0.3) is 0 Å². The minimum Gasteiger partial charge on any atom is -0.393 e. The lowest BCUT2D eigenvalue weighted by Crippen LogP contribution is -2.45. The Morgan fingerprint density at radius 3 is 2.23 bits per heavy atom. The molecule has 0 radical (unpaired) electrons. The van der Waals surface area contributed by atoms with Gasteiger partial charge in [-0.05, 0) is 45.0 Å². The molecule has 1 heterocycles. The number of imide groups is 1. The molecular formula is C17H20N2O7. The van der Waals surface area contributed by atoms with Crippen molar-refractivity contribution < 1.29 is 33.5 Å². The molecule has 1 aliphatic rings. The Labute approximate surface area is 150 Å². The predicted octanol–water partition coefficient (Wildman–Crippen LogP) is 1.77. The summed E-state index contributed by atoms with van der Waals surface area (Å²) in [7, 11) is 0. The second kappa shape index (κ2) is 7.96. The molecule has 1 aliphatic heterocycles. The van der Waals surface area contributed by atoms with Gasteiger partial charge in [-0.15, -0.1) is 0 Å². The molecule has 3 amide bonds.